The molecule has 6 heteroatoms. The van der Waals surface area contributed by atoms with Crippen molar-refractivity contribution in [1.82, 2.24) is 0 Å². The monoisotopic (exact) mass is 1150 g/mol. The van der Waals surface area contributed by atoms with Gasteiger partial charge in [0.1, 0.15) is 13.2 Å². The summed E-state index contributed by atoms with van der Waals surface area (Å²) in [7, 11) is 0. The smallest absolute Gasteiger partial charge is 0.306 e. The van der Waals surface area contributed by atoms with Gasteiger partial charge in [-0.2, -0.15) is 0 Å². The molecule has 0 N–H and O–H groups in total. The van der Waals surface area contributed by atoms with Crippen LogP contribution in [0.25, 0.3) is 0 Å². The molecule has 6 nitrogen and oxygen atoms in total. The molecule has 0 aromatic heterocycles. The first kappa shape index (κ1) is 78.5. The molecule has 0 amide bonds. The van der Waals surface area contributed by atoms with E-state index in [-0.39, 0.29) is 31.1 Å². The minimum atomic E-state index is -0.794. The Morgan fingerprint density at radius 1 is 0.253 bits per heavy atom. The molecule has 472 valence electrons. The van der Waals surface area contributed by atoms with E-state index in [4.69, 9.17) is 14.2 Å². The van der Waals surface area contributed by atoms with Crippen LogP contribution in [0.1, 0.15) is 316 Å². The van der Waals surface area contributed by atoms with Crippen molar-refractivity contribution >= 4 is 17.9 Å². The van der Waals surface area contributed by atoms with E-state index < -0.39 is 6.10 Å². The third kappa shape index (κ3) is 68.2. The summed E-state index contributed by atoms with van der Waals surface area (Å²) in [4.78, 5) is 38.4. The molecular weight excluding hydrogens is 1020 g/mol. The molecule has 0 aliphatic rings. The zero-order valence-corrected chi connectivity index (χ0v) is 54.2. The van der Waals surface area contributed by atoms with Crippen LogP contribution < -0.4 is 0 Å². The van der Waals surface area contributed by atoms with E-state index in [2.05, 4.69) is 154 Å². The average Bonchev–Trinajstić information content (AvgIpc) is 3.49. The number of unbranched alkanes of at least 4 members (excludes halogenated alkanes) is 29. The Labute approximate surface area is 513 Å². The third-order valence-electron chi connectivity index (χ3n) is 14.6. The van der Waals surface area contributed by atoms with Crippen LogP contribution in [0.5, 0.6) is 0 Å². The summed E-state index contributed by atoms with van der Waals surface area (Å²) in [5.74, 6) is -0.907. The van der Waals surface area contributed by atoms with Crippen LogP contribution >= 0.6 is 0 Å². The van der Waals surface area contributed by atoms with Crippen LogP contribution in [0.4, 0.5) is 0 Å². The number of rotatable bonds is 62. The fourth-order valence-corrected chi connectivity index (χ4v) is 9.43. The van der Waals surface area contributed by atoms with Gasteiger partial charge in [0, 0.05) is 19.3 Å². The lowest BCUT2D eigenvalue weighted by Crippen LogP contribution is -2.30. The van der Waals surface area contributed by atoms with Gasteiger partial charge in [-0.05, 0) is 141 Å². The molecule has 1 atom stereocenters. The summed E-state index contributed by atoms with van der Waals surface area (Å²) in [5, 5.41) is 0. The van der Waals surface area contributed by atoms with Crippen LogP contribution in [-0.4, -0.2) is 37.2 Å². The molecule has 83 heavy (non-hydrogen) atoms. The number of hydrogen-bond acceptors (Lipinski definition) is 6. The molecule has 0 fully saturated rings. The van der Waals surface area contributed by atoms with Gasteiger partial charge in [0.25, 0.3) is 0 Å². The molecule has 0 spiro atoms. The predicted octanol–water partition coefficient (Wildman–Crippen LogP) is 24.1. The normalized spacial score (nSPS) is 13.0. The maximum Gasteiger partial charge on any atom is 0.306 e. The minimum Gasteiger partial charge on any atom is -0.462 e. The summed E-state index contributed by atoms with van der Waals surface area (Å²) in [5.41, 5.74) is 0. The van der Waals surface area contributed by atoms with E-state index in [9.17, 15) is 14.4 Å². The second kappa shape index (κ2) is 70.0. The number of hydrogen-bond donors (Lipinski definition) is 0. The summed E-state index contributed by atoms with van der Waals surface area (Å²) in [6, 6.07) is 0. The zero-order valence-electron chi connectivity index (χ0n) is 54.2. The summed E-state index contributed by atoms with van der Waals surface area (Å²) < 4.78 is 16.9. The maximum atomic E-state index is 12.9. The quantitative estimate of drug-likeness (QED) is 0.0261. The van der Waals surface area contributed by atoms with E-state index in [1.165, 1.54) is 141 Å². The van der Waals surface area contributed by atoms with E-state index in [1.807, 2.05) is 0 Å². The second-order valence-electron chi connectivity index (χ2n) is 22.7. The van der Waals surface area contributed by atoms with Crippen LogP contribution in [0.15, 0.2) is 134 Å². The number of carbonyl (C=O) groups is 3. The lowest BCUT2D eigenvalue weighted by Gasteiger charge is -2.18. The highest BCUT2D eigenvalue weighted by molar-refractivity contribution is 5.71. The lowest BCUT2D eigenvalue weighted by atomic mass is 10.0. The van der Waals surface area contributed by atoms with Crippen LogP contribution in [0, 0.1) is 0 Å². The molecule has 0 rings (SSSR count). The molecule has 1 unspecified atom stereocenters. The Bertz CT molecular complexity index is 1750. The number of ether oxygens (including phenoxy) is 3. The fourth-order valence-electron chi connectivity index (χ4n) is 9.43. The van der Waals surface area contributed by atoms with Crippen LogP contribution in [0.3, 0.4) is 0 Å². The van der Waals surface area contributed by atoms with Gasteiger partial charge < -0.3 is 14.2 Å². The summed E-state index contributed by atoms with van der Waals surface area (Å²) >= 11 is 0. The molecule has 0 radical (unpaired) electrons. The van der Waals surface area contributed by atoms with Gasteiger partial charge in [-0.3, -0.25) is 14.4 Å². The zero-order chi connectivity index (χ0) is 59.9. The number of allylic oxidation sites excluding steroid dienone is 22. The molecule has 0 bridgehead atoms. The Kier molecular flexibility index (Phi) is 66.3. The average molecular weight is 1150 g/mol. The van der Waals surface area contributed by atoms with Gasteiger partial charge in [-0.1, -0.05) is 289 Å². The highest BCUT2D eigenvalue weighted by Crippen LogP contribution is 2.16. The molecular formula is C77H128O6. The topological polar surface area (TPSA) is 78.9 Å². The van der Waals surface area contributed by atoms with Gasteiger partial charge in [0.15, 0.2) is 6.10 Å². The molecule has 0 aliphatic carbocycles. The second-order valence-corrected chi connectivity index (χ2v) is 22.7. The standard InChI is InChI=1S/C77H128O6/c1-4-7-10-13-16-19-22-25-27-29-31-32-33-34-35-36-37-38-39-40-41-42-43-44-46-47-49-52-55-58-61-64-67-70-76(79)82-73-74(72-81-75(78)69-66-63-60-57-54-51-24-21-18-15-12-9-6-3)83-77(80)71-68-65-62-59-56-53-50-48-45-30-28-26-23-20-17-14-11-8-5-2/h7,10,16-17,19-21,24-28,31-32,34-35,37-38,40-41,45,48,74H,4-6,8-9,11-15,18,22-23,29-30,33,36,39,42-44,46-47,49-73H2,1-3H3/b10-7-,19-16-,20-17-,24-21-,27-25-,28-26-,32-31-,35-34-,38-37-,41-40-,48-45-. The molecule has 0 saturated carbocycles. The van der Waals surface area contributed by atoms with E-state index in [0.29, 0.717) is 19.3 Å². The van der Waals surface area contributed by atoms with Gasteiger partial charge in [-0.15, -0.1) is 0 Å². The van der Waals surface area contributed by atoms with Crippen molar-refractivity contribution in [1.29, 1.82) is 0 Å². The van der Waals surface area contributed by atoms with Crippen molar-refractivity contribution in [2.75, 3.05) is 13.2 Å². The highest BCUT2D eigenvalue weighted by Gasteiger charge is 2.19. The largest absolute Gasteiger partial charge is 0.462 e. The van der Waals surface area contributed by atoms with Crippen molar-refractivity contribution in [3.8, 4) is 0 Å². The minimum absolute atomic E-state index is 0.0892. The van der Waals surface area contributed by atoms with E-state index in [0.717, 1.165) is 135 Å². The van der Waals surface area contributed by atoms with Gasteiger partial charge >= 0.3 is 17.9 Å². The first-order valence-corrected chi connectivity index (χ1v) is 34.7. The summed E-state index contributed by atoms with van der Waals surface area (Å²) in [6.45, 7) is 6.48. The van der Waals surface area contributed by atoms with Crippen molar-refractivity contribution in [3.05, 3.63) is 134 Å². The fraction of sp³-hybridized carbons (Fsp3) is 0.675. The van der Waals surface area contributed by atoms with Gasteiger partial charge in [0.2, 0.25) is 0 Å². The lowest BCUT2D eigenvalue weighted by molar-refractivity contribution is -0.167. The Morgan fingerprint density at radius 3 is 0.771 bits per heavy atom. The van der Waals surface area contributed by atoms with Gasteiger partial charge in [0.05, 0.1) is 0 Å². The van der Waals surface area contributed by atoms with Crippen molar-refractivity contribution < 1.29 is 28.6 Å². The highest BCUT2D eigenvalue weighted by atomic mass is 16.6. The third-order valence-corrected chi connectivity index (χ3v) is 14.6. The number of esters is 3. The maximum absolute atomic E-state index is 12.9. The molecule has 0 aromatic carbocycles. The van der Waals surface area contributed by atoms with Gasteiger partial charge in [-0.25, -0.2) is 0 Å². The Morgan fingerprint density at radius 2 is 0.470 bits per heavy atom. The molecule has 0 saturated heterocycles. The molecule has 0 aliphatic heterocycles. The van der Waals surface area contributed by atoms with E-state index >= 15 is 0 Å². The summed E-state index contributed by atoms with van der Waals surface area (Å²) in [6.07, 6.45) is 98.9. The first-order valence-electron chi connectivity index (χ1n) is 34.7. The Hall–Kier alpha value is -4.45. The molecule has 0 aromatic rings. The first-order chi connectivity index (χ1) is 41.0. The van der Waals surface area contributed by atoms with Crippen LogP contribution in [0.2, 0.25) is 0 Å². The molecule has 0 heterocycles. The predicted molar refractivity (Wildman–Crippen MR) is 362 cm³/mol. The van der Waals surface area contributed by atoms with E-state index in [1.54, 1.807) is 0 Å². The van der Waals surface area contributed by atoms with Crippen molar-refractivity contribution in [3.63, 3.8) is 0 Å². The van der Waals surface area contributed by atoms with Crippen molar-refractivity contribution in [2.24, 2.45) is 0 Å². The van der Waals surface area contributed by atoms with Crippen LogP contribution in [-0.2, 0) is 28.6 Å². The van der Waals surface area contributed by atoms with Crippen molar-refractivity contribution in [2.45, 2.75) is 322 Å². The Balaban J connectivity index is 4.28. The number of carbonyl (C=O) groups excluding carboxylic acids is 3. The SMILES string of the molecule is CC/C=C\C/C=C\C/C=C\C/C=C\C/C=C\C/C=C\C/C=C\CCCCCCCCCCCCCC(=O)OCC(COC(=O)CCCCCCC/C=C\CCCCCC)OC(=O)CCCCCCCC/C=C\C/C=C\C/C=C\CCCCC.